The summed E-state index contributed by atoms with van der Waals surface area (Å²) in [5, 5.41) is 8.92. The van der Waals surface area contributed by atoms with E-state index in [4.69, 9.17) is 5.73 Å². The minimum Gasteiger partial charge on any atom is -0.383 e. The van der Waals surface area contributed by atoms with Crippen molar-refractivity contribution in [2.75, 3.05) is 11.1 Å². The number of carbonyl (C=O) groups excluding carboxylic acids is 1. The second-order valence-electron chi connectivity index (χ2n) is 2.88. The molecule has 0 saturated carbocycles. The molecule has 6 heteroatoms. The number of aromatic amines is 1. The van der Waals surface area contributed by atoms with Crippen molar-refractivity contribution in [3.63, 3.8) is 0 Å². The zero-order valence-electron chi connectivity index (χ0n) is 7.77. The SMILES string of the molecule is Nc1ncccc1C(=O)Nc1cn[nH]c1. The topological polar surface area (TPSA) is 96.7 Å². The Morgan fingerprint density at radius 1 is 1.53 bits per heavy atom. The van der Waals surface area contributed by atoms with Crippen molar-refractivity contribution in [2.45, 2.75) is 0 Å². The number of nitrogens with zero attached hydrogens (tertiary/aromatic N) is 2. The van der Waals surface area contributed by atoms with Crippen LogP contribution in [0.15, 0.2) is 30.7 Å². The molecule has 0 unspecified atom stereocenters. The van der Waals surface area contributed by atoms with Gasteiger partial charge < -0.3 is 11.1 Å². The lowest BCUT2D eigenvalue weighted by molar-refractivity contribution is 0.102. The van der Waals surface area contributed by atoms with Crippen LogP contribution >= 0.6 is 0 Å². The number of anilines is 2. The Labute approximate surface area is 85.5 Å². The Hall–Kier alpha value is -2.37. The molecular weight excluding hydrogens is 194 g/mol. The molecule has 0 radical (unpaired) electrons. The second kappa shape index (κ2) is 3.79. The van der Waals surface area contributed by atoms with Crippen LogP contribution in [0, 0.1) is 0 Å². The molecule has 15 heavy (non-hydrogen) atoms. The molecule has 76 valence electrons. The van der Waals surface area contributed by atoms with E-state index < -0.39 is 0 Å². The van der Waals surface area contributed by atoms with Gasteiger partial charge in [0, 0.05) is 12.4 Å². The monoisotopic (exact) mass is 203 g/mol. The average molecular weight is 203 g/mol. The third-order valence-corrected chi connectivity index (χ3v) is 1.84. The Morgan fingerprint density at radius 2 is 2.40 bits per heavy atom. The smallest absolute Gasteiger partial charge is 0.259 e. The van der Waals surface area contributed by atoms with E-state index in [1.165, 1.54) is 12.4 Å². The van der Waals surface area contributed by atoms with Crippen molar-refractivity contribution in [1.29, 1.82) is 0 Å². The van der Waals surface area contributed by atoms with E-state index in [1.54, 1.807) is 18.3 Å². The van der Waals surface area contributed by atoms with E-state index in [-0.39, 0.29) is 11.7 Å². The van der Waals surface area contributed by atoms with E-state index in [2.05, 4.69) is 20.5 Å². The largest absolute Gasteiger partial charge is 0.383 e. The van der Waals surface area contributed by atoms with E-state index in [0.717, 1.165) is 0 Å². The average Bonchev–Trinajstić information content (AvgIpc) is 2.71. The zero-order valence-corrected chi connectivity index (χ0v) is 7.77. The number of pyridine rings is 1. The summed E-state index contributed by atoms with van der Waals surface area (Å²) >= 11 is 0. The zero-order chi connectivity index (χ0) is 10.7. The van der Waals surface area contributed by atoms with Gasteiger partial charge in [0.2, 0.25) is 0 Å². The maximum absolute atomic E-state index is 11.7. The first-order valence-electron chi connectivity index (χ1n) is 4.28. The molecular formula is C9H9N5O. The highest BCUT2D eigenvalue weighted by atomic mass is 16.1. The Bertz CT molecular complexity index is 465. The fourth-order valence-corrected chi connectivity index (χ4v) is 1.13. The molecule has 0 saturated heterocycles. The second-order valence-corrected chi connectivity index (χ2v) is 2.88. The van der Waals surface area contributed by atoms with Crippen molar-refractivity contribution >= 4 is 17.4 Å². The lowest BCUT2D eigenvalue weighted by Gasteiger charge is -2.03. The van der Waals surface area contributed by atoms with E-state index in [0.29, 0.717) is 11.3 Å². The van der Waals surface area contributed by atoms with Gasteiger partial charge in [-0.15, -0.1) is 0 Å². The van der Waals surface area contributed by atoms with Gasteiger partial charge in [0.1, 0.15) is 5.82 Å². The van der Waals surface area contributed by atoms with Crippen LogP contribution < -0.4 is 11.1 Å². The summed E-state index contributed by atoms with van der Waals surface area (Å²) in [6, 6.07) is 3.26. The molecule has 2 aromatic rings. The number of hydrogen-bond donors (Lipinski definition) is 3. The van der Waals surface area contributed by atoms with Gasteiger partial charge in [-0.3, -0.25) is 9.89 Å². The molecule has 6 nitrogen and oxygen atoms in total. The number of nitrogen functional groups attached to an aromatic ring is 1. The summed E-state index contributed by atoms with van der Waals surface area (Å²) in [5.41, 5.74) is 6.49. The van der Waals surface area contributed by atoms with E-state index >= 15 is 0 Å². The lowest BCUT2D eigenvalue weighted by atomic mass is 10.2. The summed E-state index contributed by atoms with van der Waals surface area (Å²) in [4.78, 5) is 15.5. The maximum atomic E-state index is 11.7. The fraction of sp³-hybridized carbons (Fsp3) is 0. The molecule has 0 aliphatic heterocycles. The van der Waals surface area contributed by atoms with Crippen molar-refractivity contribution in [3.05, 3.63) is 36.3 Å². The van der Waals surface area contributed by atoms with Crippen LogP contribution in [0.1, 0.15) is 10.4 Å². The standard InChI is InChI=1S/C9H9N5O/c10-8-7(2-1-3-11-8)9(15)14-6-4-12-13-5-6/h1-5H,(H2,10,11)(H,12,13)(H,14,15). The Balaban J connectivity index is 2.19. The highest BCUT2D eigenvalue weighted by Gasteiger charge is 2.10. The van der Waals surface area contributed by atoms with Crippen LogP contribution in [0.25, 0.3) is 0 Å². The summed E-state index contributed by atoms with van der Waals surface area (Å²) in [7, 11) is 0. The van der Waals surface area contributed by atoms with Gasteiger partial charge in [0.15, 0.2) is 0 Å². The van der Waals surface area contributed by atoms with Crippen molar-refractivity contribution in [2.24, 2.45) is 0 Å². The number of aromatic nitrogens is 3. The molecule has 2 aromatic heterocycles. The van der Waals surface area contributed by atoms with Crippen LogP contribution in [0.5, 0.6) is 0 Å². The molecule has 1 amide bonds. The number of amides is 1. The van der Waals surface area contributed by atoms with Crippen LogP contribution in [0.2, 0.25) is 0 Å². The number of carbonyl (C=O) groups is 1. The molecule has 0 aliphatic rings. The summed E-state index contributed by atoms with van der Waals surface area (Å²) < 4.78 is 0. The van der Waals surface area contributed by atoms with Gasteiger partial charge in [-0.25, -0.2) is 4.98 Å². The van der Waals surface area contributed by atoms with Crippen molar-refractivity contribution < 1.29 is 4.79 Å². The number of nitrogens with two attached hydrogens (primary N) is 1. The quantitative estimate of drug-likeness (QED) is 0.667. The number of nitrogens with one attached hydrogen (secondary N) is 2. The predicted molar refractivity (Wildman–Crippen MR) is 55.2 cm³/mol. The molecule has 0 atom stereocenters. The molecule has 0 spiro atoms. The third-order valence-electron chi connectivity index (χ3n) is 1.84. The first-order chi connectivity index (χ1) is 7.27. The van der Waals surface area contributed by atoms with Crippen LogP contribution in [-0.4, -0.2) is 21.1 Å². The molecule has 0 aromatic carbocycles. The normalized spacial score (nSPS) is 9.87. The van der Waals surface area contributed by atoms with Crippen molar-refractivity contribution in [1.82, 2.24) is 15.2 Å². The molecule has 0 aliphatic carbocycles. The summed E-state index contributed by atoms with van der Waals surface area (Å²) in [5.74, 6) is -0.0968. The molecule has 4 N–H and O–H groups in total. The van der Waals surface area contributed by atoms with Gasteiger partial charge in [-0.1, -0.05) is 0 Å². The fourth-order valence-electron chi connectivity index (χ4n) is 1.13. The van der Waals surface area contributed by atoms with Gasteiger partial charge >= 0.3 is 0 Å². The maximum Gasteiger partial charge on any atom is 0.259 e. The number of H-pyrrole nitrogens is 1. The summed E-state index contributed by atoms with van der Waals surface area (Å²) in [6.07, 6.45) is 4.61. The first kappa shape index (κ1) is 9.20. The van der Waals surface area contributed by atoms with Crippen LogP contribution in [0.3, 0.4) is 0 Å². The number of hydrogen-bond acceptors (Lipinski definition) is 4. The predicted octanol–water partition coefficient (Wildman–Crippen LogP) is 0.639. The minimum absolute atomic E-state index is 0.207. The summed E-state index contributed by atoms with van der Waals surface area (Å²) in [6.45, 7) is 0. The van der Waals surface area contributed by atoms with Crippen LogP contribution in [0.4, 0.5) is 11.5 Å². The molecule has 0 fully saturated rings. The number of rotatable bonds is 2. The van der Waals surface area contributed by atoms with Crippen molar-refractivity contribution in [3.8, 4) is 0 Å². The molecule has 2 heterocycles. The highest BCUT2D eigenvalue weighted by Crippen LogP contribution is 2.10. The molecule has 2 rings (SSSR count). The van der Waals surface area contributed by atoms with E-state index in [1.807, 2.05) is 0 Å². The highest BCUT2D eigenvalue weighted by molar-refractivity contribution is 6.06. The van der Waals surface area contributed by atoms with Gasteiger partial charge in [-0.2, -0.15) is 5.10 Å². The van der Waals surface area contributed by atoms with Gasteiger partial charge in [-0.05, 0) is 12.1 Å². The van der Waals surface area contributed by atoms with Crippen LogP contribution in [-0.2, 0) is 0 Å². The van der Waals surface area contributed by atoms with E-state index in [9.17, 15) is 4.79 Å². The lowest BCUT2D eigenvalue weighted by Crippen LogP contribution is -2.14. The minimum atomic E-state index is -0.304. The third kappa shape index (κ3) is 1.93. The first-order valence-corrected chi connectivity index (χ1v) is 4.28. The Morgan fingerprint density at radius 3 is 3.07 bits per heavy atom. The van der Waals surface area contributed by atoms with Gasteiger partial charge in [0.05, 0.1) is 17.4 Å². The van der Waals surface area contributed by atoms with Gasteiger partial charge in [0.25, 0.3) is 5.91 Å². The molecule has 0 bridgehead atoms. The Kier molecular flexibility index (Phi) is 2.32.